The summed E-state index contributed by atoms with van der Waals surface area (Å²) in [5.41, 5.74) is 3.40. The van der Waals surface area contributed by atoms with Crippen molar-refractivity contribution in [2.45, 2.75) is 39.0 Å². The lowest BCUT2D eigenvalue weighted by molar-refractivity contribution is -0.437. The first-order valence-corrected chi connectivity index (χ1v) is 15.6. The molecule has 0 radical (unpaired) electrons. The molecule has 0 atom stereocenters. The van der Waals surface area contributed by atoms with Gasteiger partial charge in [0.05, 0.1) is 33.3 Å². The minimum Gasteiger partial charge on any atom is -0.748 e. The normalized spacial score (nSPS) is 13.3. The molecule has 0 amide bonds. The van der Waals surface area contributed by atoms with Crippen molar-refractivity contribution in [3.05, 3.63) is 71.9 Å². The zero-order valence-electron chi connectivity index (χ0n) is 22.5. The molecule has 0 bridgehead atoms. The Morgan fingerprint density at radius 1 is 1.00 bits per heavy atom. The van der Waals surface area contributed by atoms with Crippen LogP contribution in [0.4, 0.5) is 11.4 Å². The molecule has 1 aliphatic rings. The van der Waals surface area contributed by atoms with Gasteiger partial charge in [0.2, 0.25) is 5.69 Å². The van der Waals surface area contributed by atoms with Crippen molar-refractivity contribution in [3.63, 3.8) is 0 Å². The molecular formula is C25H30N2O11S3. The van der Waals surface area contributed by atoms with Crippen LogP contribution in [0.1, 0.15) is 49.5 Å². The second-order valence-corrected chi connectivity index (χ2v) is 11.2. The fraction of sp³-hybridized carbons (Fsp3) is 0.360. The number of carbonyl (C=O) groups excluding carboxylic acids is 1. The number of allylic oxidation sites excluding steroid dienone is 1. The quantitative estimate of drug-likeness (QED) is 0.228. The van der Waals surface area contributed by atoms with Crippen molar-refractivity contribution >= 4 is 54.4 Å². The molecule has 0 saturated carbocycles. The van der Waals surface area contributed by atoms with Crippen LogP contribution in [0.2, 0.25) is 0 Å². The lowest BCUT2D eigenvalue weighted by Gasteiger charge is -2.18. The molecule has 1 aliphatic heterocycles. The fourth-order valence-corrected chi connectivity index (χ4v) is 4.63. The number of carbonyl (C=O) groups is 1. The van der Waals surface area contributed by atoms with Crippen molar-refractivity contribution in [1.29, 1.82) is 0 Å². The minimum atomic E-state index is -4.31. The Morgan fingerprint density at radius 3 is 2.12 bits per heavy atom. The maximum absolute atomic E-state index is 12.8. The van der Waals surface area contributed by atoms with Crippen molar-refractivity contribution < 1.29 is 52.3 Å². The summed E-state index contributed by atoms with van der Waals surface area (Å²) >= 11 is 0. The Balaban J connectivity index is 0.000000930. The molecule has 0 spiro atoms. The first-order valence-electron chi connectivity index (χ1n) is 12.0. The van der Waals surface area contributed by atoms with Gasteiger partial charge in [-0.15, -0.1) is 25.3 Å². The molecule has 0 fully saturated rings. The van der Waals surface area contributed by atoms with E-state index >= 15 is 0 Å². The number of ether oxygens (including phenoxy) is 1. The molecule has 0 unspecified atom stereocenters. The van der Waals surface area contributed by atoms with Gasteiger partial charge in [0.15, 0.2) is 5.71 Å². The highest BCUT2D eigenvalue weighted by atomic mass is 32.2. The fourth-order valence-electron chi connectivity index (χ4n) is 4.15. The lowest BCUT2D eigenvalue weighted by Crippen LogP contribution is -2.30. The van der Waals surface area contributed by atoms with Gasteiger partial charge in [0, 0.05) is 36.2 Å². The van der Waals surface area contributed by atoms with Crippen LogP contribution in [0.25, 0.3) is 0 Å². The van der Waals surface area contributed by atoms with E-state index in [4.69, 9.17) is 30.0 Å². The number of nitrogens with zero attached hydrogens (tertiary/aromatic N) is 1. The van der Waals surface area contributed by atoms with E-state index in [-0.39, 0.29) is 12.4 Å². The standard InChI is InChI=1S/C25H30N2O5S.2O3S/c1-4-17-32-24(28)20-12-8-13-21-23(20)25(2,3)22(27(21)16-9-18-33(29,30)31)14-15-26-19-10-6-5-7-11-19;2*1-4(2)3/h5-8,10-15H,4,9,16-18H2,1-3H3,(H,29,30,31);;. The second-order valence-electron chi connectivity index (χ2n) is 8.86. The Morgan fingerprint density at radius 2 is 1.59 bits per heavy atom. The maximum Gasteiger partial charge on any atom is 0.425 e. The largest absolute Gasteiger partial charge is 0.748 e. The zero-order chi connectivity index (χ0) is 31.2. The van der Waals surface area contributed by atoms with Gasteiger partial charge < -0.3 is 14.6 Å². The van der Waals surface area contributed by atoms with E-state index in [1.165, 1.54) is 0 Å². The number of hydrogen-bond acceptors (Lipinski definition) is 12. The average Bonchev–Trinajstić information content (AvgIpc) is 3.08. The Kier molecular flexibility index (Phi) is 14.2. The second kappa shape index (κ2) is 16.5. The van der Waals surface area contributed by atoms with Crippen LogP contribution in [0, 0.1) is 0 Å². The summed E-state index contributed by atoms with van der Waals surface area (Å²) in [6.07, 6.45) is 4.66. The summed E-state index contributed by atoms with van der Waals surface area (Å²) in [5.74, 6) is -0.826. The number of anilines is 1. The minimum absolute atomic E-state index is 0.176. The summed E-state index contributed by atoms with van der Waals surface area (Å²) in [4.78, 5) is 12.8. The van der Waals surface area contributed by atoms with E-state index in [2.05, 4.69) is 5.32 Å². The molecule has 1 N–H and O–H groups in total. The van der Waals surface area contributed by atoms with E-state index in [1.54, 1.807) is 12.1 Å². The first-order chi connectivity index (χ1) is 19.1. The van der Waals surface area contributed by atoms with Gasteiger partial charge in [-0.1, -0.05) is 31.2 Å². The van der Waals surface area contributed by atoms with E-state index in [0.717, 1.165) is 29.1 Å². The molecule has 224 valence electrons. The highest BCUT2D eigenvalue weighted by Gasteiger charge is 2.47. The lowest BCUT2D eigenvalue weighted by atomic mass is 9.79. The number of benzene rings is 2. The third-order valence-corrected chi connectivity index (χ3v) is 6.38. The van der Waals surface area contributed by atoms with Crippen LogP contribution in [-0.4, -0.2) is 73.4 Å². The molecule has 0 aliphatic carbocycles. The van der Waals surface area contributed by atoms with Gasteiger partial charge in [-0.05, 0) is 38.5 Å². The summed E-state index contributed by atoms with van der Waals surface area (Å²) in [5, 5.41) is 3.24. The van der Waals surface area contributed by atoms with Crippen LogP contribution < -0.4 is 5.32 Å². The predicted octanol–water partition coefficient (Wildman–Crippen LogP) is 2.18. The highest BCUT2D eigenvalue weighted by molar-refractivity contribution is 7.85. The maximum atomic E-state index is 12.8. The van der Waals surface area contributed by atoms with Gasteiger partial charge >= 0.3 is 27.2 Å². The van der Waals surface area contributed by atoms with Crippen molar-refractivity contribution in [2.75, 3.05) is 24.2 Å². The molecule has 3 rings (SSSR count). The molecule has 16 heteroatoms. The van der Waals surface area contributed by atoms with Crippen molar-refractivity contribution in [1.82, 2.24) is 0 Å². The van der Waals surface area contributed by atoms with E-state index in [1.807, 2.05) is 74.0 Å². The predicted molar refractivity (Wildman–Crippen MR) is 148 cm³/mol. The van der Waals surface area contributed by atoms with E-state index < -0.39 is 42.5 Å². The SMILES string of the molecule is CCCOC(=O)c1cccc2c1C(C)(C)C(/C=C/Nc1ccccc1)=[N+]2CCCS(=O)(=O)[O-].O=S(=O)=O.O=S(=O)=O. The number of esters is 1. The molecule has 2 aromatic carbocycles. The summed E-state index contributed by atoms with van der Waals surface area (Å²) in [6, 6.07) is 15.2. The van der Waals surface area contributed by atoms with E-state index in [9.17, 15) is 17.8 Å². The zero-order valence-corrected chi connectivity index (χ0v) is 24.9. The van der Waals surface area contributed by atoms with Gasteiger partial charge in [0.1, 0.15) is 6.54 Å². The molecule has 41 heavy (non-hydrogen) atoms. The third kappa shape index (κ3) is 12.1. The topological polar surface area (TPSA) is 201 Å². The Hall–Kier alpha value is -3.73. The van der Waals surface area contributed by atoms with Gasteiger partial charge in [-0.3, -0.25) is 0 Å². The number of rotatable bonds is 10. The molecule has 13 nitrogen and oxygen atoms in total. The highest BCUT2D eigenvalue weighted by Crippen LogP contribution is 2.42. The monoisotopic (exact) mass is 630 g/mol. The summed E-state index contributed by atoms with van der Waals surface area (Å²) < 4.78 is 91.6. The molecule has 2 aromatic rings. The van der Waals surface area contributed by atoms with Crippen molar-refractivity contribution in [2.24, 2.45) is 0 Å². The summed E-state index contributed by atoms with van der Waals surface area (Å²) in [6.45, 7) is 6.65. The smallest absolute Gasteiger partial charge is 0.425 e. The first kappa shape index (κ1) is 35.3. The van der Waals surface area contributed by atoms with Gasteiger partial charge in [-0.2, -0.15) is 4.58 Å². The Bertz CT molecular complexity index is 1560. The molecule has 1 heterocycles. The van der Waals surface area contributed by atoms with Crippen LogP contribution in [0.15, 0.2) is 60.8 Å². The number of hydrogen-bond donors (Lipinski definition) is 1. The molecular weight excluding hydrogens is 600 g/mol. The average molecular weight is 631 g/mol. The Labute approximate surface area is 241 Å². The van der Waals surface area contributed by atoms with E-state index in [0.29, 0.717) is 18.7 Å². The summed E-state index contributed by atoms with van der Waals surface area (Å²) in [7, 11) is -10.5. The van der Waals surface area contributed by atoms with Crippen LogP contribution >= 0.6 is 0 Å². The number of para-hydroxylation sites is 1. The number of fused-ring (bicyclic) bond motifs is 1. The van der Waals surface area contributed by atoms with Crippen LogP contribution in [0.5, 0.6) is 0 Å². The third-order valence-electron chi connectivity index (χ3n) is 5.59. The van der Waals surface area contributed by atoms with Crippen molar-refractivity contribution in [3.8, 4) is 0 Å². The molecule has 0 saturated heterocycles. The van der Waals surface area contributed by atoms with Gasteiger partial charge in [0.25, 0.3) is 0 Å². The number of nitrogens with one attached hydrogen (secondary N) is 1. The van der Waals surface area contributed by atoms with Gasteiger partial charge in [-0.25, -0.2) is 13.2 Å². The van der Waals surface area contributed by atoms with Crippen LogP contribution in [0.3, 0.4) is 0 Å². The van der Waals surface area contributed by atoms with Crippen LogP contribution in [-0.2, 0) is 41.5 Å². The molecule has 0 aromatic heterocycles.